The van der Waals surface area contributed by atoms with Crippen LogP contribution in [0.4, 0.5) is 13.2 Å². The molecule has 1 aromatic carbocycles. The summed E-state index contributed by atoms with van der Waals surface area (Å²) in [6, 6.07) is 9.60. The summed E-state index contributed by atoms with van der Waals surface area (Å²) >= 11 is -0.0544. The van der Waals surface area contributed by atoms with Gasteiger partial charge in [-0.3, -0.25) is 0 Å². The van der Waals surface area contributed by atoms with Crippen molar-refractivity contribution in [1.29, 1.82) is 0 Å². The topological polar surface area (TPSA) is 9.23 Å². The highest BCUT2D eigenvalue weighted by molar-refractivity contribution is 8.00. The predicted octanol–water partition coefficient (Wildman–Crippen LogP) is 4.01. The summed E-state index contributed by atoms with van der Waals surface area (Å²) < 4.78 is 40.5. The molecule has 0 unspecified atom stereocenters. The Morgan fingerprint density at radius 1 is 1.12 bits per heavy atom. The molecule has 1 aromatic rings. The van der Waals surface area contributed by atoms with Crippen molar-refractivity contribution in [2.45, 2.75) is 12.1 Å². The zero-order valence-electron chi connectivity index (χ0n) is 9.11. The molecule has 0 fully saturated rings. The first kappa shape index (κ1) is 14.1. The maximum atomic E-state index is 11.8. The number of hydrogen-bond acceptors (Lipinski definition) is 2. The van der Waals surface area contributed by atoms with Gasteiger partial charge >= 0.3 is 5.51 Å². The van der Waals surface area contributed by atoms with Gasteiger partial charge in [0, 0.05) is 5.75 Å². The highest BCUT2D eigenvalue weighted by atomic mass is 32.2. The molecule has 0 bridgehead atoms. The van der Waals surface area contributed by atoms with E-state index in [1.165, 1.54) is 6.08 Å². The molecule has 0 radical (unpaired) electrons. The van der Waals surface area contributed by atoms with E-state index in [9.17, 15) is 13.2 Å². The number of ether oxygens (including phenoxy) is 1. The maximum Gasteiger partial charge on any atom is 0.442 e. The Hall–Kier alpha value is -0.940. The first-order valence-corrected chi connectivity index (χ1v) is 6.04. The standard InChI is InChI=1S/C12H13F3OS/c13-12(14,15)17-9-5-4-8-16-10-11-6-2-1-3-7-11/h1-7H,8-10H2/b5-4+. The molecule has 17 heavy (non-hydrogen) atoms. The highest BCUT2D eigenvalue weighted by Gasteiger charge is 2.26. The number of benzene rings is 1. The van der Waals surface area contributed by atoms with Gasteiger partial charge in [0.25, 0.3) is 0 Å². The quantitative estimate of drug-likeness (QED) is 0.566. The van der Waals surface area contributed by atoms with Crippen LogP contribution in [-0.2, 0) is 11.3 Å². The SMILES string of the molecule is FC(F)(F)SC/C=C/COCc1ccccc1. The second-order valence-corrected chi connectivity index (χ2v) is 4.31. The molecule has 0 saturated heterocycles. The maximum absolute atomic E-state index is 11.8. The fraction of sp³-hybridized carbons (Fsp3) is 0.333. The fourth-order valence-electron chi connectivity index (χ4n) is 1.10. The molecule has 0 aliphatic heterocycles. The molecule has 1 nitrogen and oxygen atoms in total. The van der Waals surface area contributed by atoms with E-state index in [1.54, 1.807) is 6.08 Å². The van der Waals surface area contributed by atoms with Crippen molar-refractivity contribution >= 4 is 11.8 Å². The molecule has 1 rings (SSSR count). The summed E-state index contributed by atoms with van der Waals surface area (Å²) in [6.07, 6.45) is 3.06. The second kappa shape index (κ2) is 7.40. The number of alkyl halides is 3. The Kier molecular flexibility index (Phi) is 6.15. The molecular weight excluding hydrogens is 249 g/mol. The Morgan fingerprint density at radius 2 is 1.82 bits per heavy atom. The van der Waals surface area contributed by atoms with E-state index in [0.717, 1.165) is 5.56 Å². The van der Waals surface area contributed by atoms with Crippen molar-refractivity contribution < 1.29 is 17.9 Å². The number of hydrogen-bond donors (Lipinski definition) is 0. The van der Waals surface area contributed by atoms with Crippen LogP contribution in [0.1, 0.15) is 5.56 Å². The second-order valence-electron chi connectivity index (χ2n) is 3.23. The van der Waals surface area contributed by atoms with Crippen LogP contribution < -0.4 is 0 Å². The minimum atomic E-state index is -4.16. The summed E-state index contributed by atoms with van der Waals surface area (Å²) in [5, 5.41) is 0. The van der Waals surface area contributed by atoms with Gasteiger partial charge in [-0.2, -0.15) is 13.2 Å². The Balaban J connectivity index is 2.06. The summed E-state index contributed by atoms with van der Waals surface area (Å²) in [7, 11) is 0. The van der Waals surface area contributed by atoms with E-state index < -0.39 is 5.51 Å². The van der Waals surface area contributed by atoms with Crippen LogP contribution in [0.15, 0.2) is 42.5 Å². The van der Waals surface area contributed by atoms with Crippen molar-refractivity contribution in [1.82, 2.24) is 0 Å². The summed E-state index contributed by atoms with van der Waals surface area (Å²) in [5.41, 5.74) is -3.11. The van der Waals surface area contributed by atoms with E-state index in [4.69, 9.17) is 4.74 Å². The van der Waals surface area contributed by atoms with Gasteiger partial charge in [0.2, 0.25) is 0 Å². The summed E-state index contributed by atoms with van der Waals surface area (Å²) in [4.78, 5) is 0. The smallest absolute Gasteiger partial charge is 0.373 e. The van der Waals surface area contributed by atoms with Crippen LogP contribution in [0.3, 0.4) is 0 Å². The van der Waals surface area contributed by atoms with Crippen molar-refractivity contribution in [2.24, 2.45) is 0 Å². The van der Waals surface area contributed by atoms with Crippen molar-refractivity contribution in [3.63, 3.8) is 0 Å². The van der Waals surface area contributed by atoms with Gasteiger partial charge in [-0.05, 0) is 17.3 Å². The van der Waals surface area contributed by atoms with Gasteiger partial charge in [0.05, 0.1) is 13.2 Å². The predicted molar refractivity (Wildman–Crippen MR) is 63.8 cm³/mol. The molecule has 0 aromatic heterocycles. The largest absolute Gasteiger partial charge is 0.442 e. The summed E-state index contributed by atoms with van der Waals surface area (Å²) in [5.74, 6) is -0.0712. The third-order valence-electron chi connectivity index (χ3n) is 1.84. The number of halogens is 3. The van der Waals surface area contributed by atoms with E-state index >= 15 is 0 Å². The average molecular weight is 262 g/mol. The van der Waals surface area contributed by atoms with Gasteiger partial charge in [0.1, 0.15) is 0 Å². The zero-order chi connectivity index (χ0) is 12.6. The molecule has 0 aliphatic carbocycles. The monoisotopic (exact) mass is 262 g/mol. The first-order valence-electron chi connectivity index (χ1n) is 5.05. The van der Waals surface area contributed by atoms with E-state index in [1.807, 2.05) is 30.3 Å². The van der Waals surface area contributed by atoms with Crippen LogP contribution in [0.25, 0.3) is 0 Å². The molecule has 0 amide bonds. The Bertz CT molecular complexity index is 335. The van der Waals surface area contributed by atoms with Gasteiger partial charge in [-0.1, -0.05) is 42.5 Å². The van der Waals surface area contributed by atoms with Crippen molar-refractivity contribution in [3.05, 3.63) is 48.0 Å². The minimum absolute atomic E-state index is 0.0544. The number of rotatable bonds is 6. The first-order chi connectivity index (χ1) is 8.08. The average Bonchev–Trinajstić information content (AvgIpc) is 2.28. The third-order valence-corrected chi connectivity index (χ3v) is 2.52. The van der Waals surface area contributed by atoms with E-state index in [-0.39, 0.29) is 17.5 Å². The van der Waals surface area contributed by atoms with Crippen LogP contribution in [0.5, 0.6) is 0 Å². The number of thioether (sulfide) groups is 1. The Labute approximate surface area is 103 Å². The van der Waals surface area contributed by atoms with Gasteiger partial charge in [0.15, 0.2) is 0 Å². The molecule has 5 heteroatoms. The van der Waals surface area contributed by atoms with Gasteiger partial charge in [-0.15, -0.1) is 0 Å². The lowest BCUT2D eigenvalue weighted by atomic mass is 10.2. The highest BCUT2D eigenvalue weighted by Crippen LogP contribution is 2.29. The van der Waals surface area contributed by atoms with E-state index in [0.29, 0.717) is 13.2 Å². The molecular formula is C12H13F3OS. The molecule has 0 heterocycles. The lowest BCUT2D eigenvalue weighted by Crippen LogP contribution is -2.00. The van der Waals surface area contributed by atoms with Crippen LogP contribution in [-0.4, -0.2) is 17.9 Å². The lowest BCUT2D eigenvalue weighted by molar-refractivity contribution is -0.0326. The Morgan fingerprint density at radius 3 is 2.47 bits per heavy atom. The van der Waals surface area contributed by atoms with Gasteiger partial charge < -0.3 is 4.74 Å². The van der Waals surface area contributed by atoms with E-state index in [2.05, 4.69) is 0 Å². The zero-order valence-corrected chi connectivity index (χ0v) is 9.93. The van der Waals surface area contributed by atoms with Crippen LogP contribution >= 0.6 is 11.8 Å². The molecule has 0 atom stereocenters. The molecule has 94 valence electrons. The third kappa shape index (κ3) is 7.88. The normalized spacial score (nSPS) is 12.2. The van der Waals surface area contributed by atoms with Crippen LogP contribution in [0, 0.1) is 0 Å². The van der Waals surface area contributed by atoms with Crippen molar-refractivity contribution in [3.8, 4) is 0 Å². The molecule has 0 N–H and O–H groups in total. The molecule has 0 saturated carbocycles. The minimum Gasteiger partial charge on any atom is -0.373 e. The summed E-state index contributed by atoms with van der Waals surface area (Å²) in [6.45, 7) is 0.797. The lowest BCUT2D eigenvalue weighted by Gasteiger charge is -2.02. The van der Waals surface area contributed by atoms with Crippen molar-refractivity contribution in [2.75, 3.05) is 12.4 Å². The fourth-order valence-corrected chi connectivity index (χ4v) is 1.52. The van der Waals surface area contributed by atoms with Crippen LogP contribution in [0.2, 0.25) is 0 Å². The molecule has 0 aliphatic rings. The molecule has 0 spiro atoms. The van der Waals surface area contributed by atoms with Gasteiger partial charge in [-0.25, -0.2) is 0 Å².